The molecule has 0 saturated heterocycles. The molecule has 2 N–H and O–H groups in total. The lowest BCUT2D eigenvalue weighted by atomic mass is 9.74. The summed E-state index contributed by atoms with van der Waals surface area (Å²) in [5, 5.41) is 19.2. The second-order valence-corrected chi connectivity index (χ2v) is 6.49. The maximum atomic E-state index is 14.4. The van der Waals surface area contributed by atoms with Gasteiger partial charge in [-0.1, -0.05) is 35.0 Å². The zero-order valence-corrected chi connectivity index (χ0v) is 14.4. The molecular formula is C14H12BrF9O2. The summed E-state index contributed by atoms with van der Waals surface area (Å²) < 4.78 is 120. The normalized spacial score (nSPS) is 17.7. The van der Waals surface area contributed by atoms with Gasteiger partial charge in [0.2, 0.25) is 0 Å². The van der Waals surface area contributed by atoms with E-state index in [4.69, 9.17) is 5.11 Å². The van der Waals surface area contributed by atoms with Gasteiger partial charge < -0.3 is 10.2 Å². The van der Waals surface area contributed by atoms with Crippen LogP contribution in [0.15, 0.2) is 28.7 Å². The van der Waals surface area contributed by atoms with Crippen molar-refractivity contribution in [2.45, 2.75) is 36.5 Å². The van der Waals surface area contributed by atoms with Gasteiger partial charge in [-0.05, 0) is 17.7 Å². The Labute approximate surface area is 149 Å². The number of aliphatic hydroxyl groups is 2. The molecule has 0 heterocycles. The van der Waals surface area contributed by atoms with Crippen LogP contribution in [-0.2, 0) is 5.60 Å². The summed E-state index contributed by atoms with van der Waals surface area (Å²) in [4.78, 5) is 0. The predicted octanol–water partition coefficient (Wildman–Crippen LogP) is 4.73. The largest absolute Gasteiger partial charge is 0.460 e. The van der Waals surface area contributed by atoms with Crippen molar-refractivity contribution in [3.05, 3.63) is 34.3 Å². The van der Waals surface area contributed by atoms with Crippen LogP contribution in [0.4, 0.5) is 39.5 Å². The Morgan fingerprint density at radius 3 is 1.62 bits per heavy atom. The highest BCUT2D eigenvalue weighted by Crippen LogP contribution is 2.59. The molecule has 12 heteroatoms. The molecule has 26 heavy (non-hydrogen) atoms. The fourth-order valence-electron chi connectivity index (χ4n) is 2.23. The predicted molar refractivity (Wildman–Crippen MR) is 75.2 cm³/mol. The quantitative estimate of drug-likeness (QED) is 0.600. The highest BCUT2D eigenvalue weighted by Gasteiger charge is 2.86. The molecule has 150 valence electrons. The standard InChI is InChI=1S/C14H12BrF9O2/c1-7(6-25)10(26,8-2-4-9(15)5-3-8)11(16,17)12(18,19)13(20,21)14(22,23)24/h2-5,7,25-26H,6H2,1H3/t7-,10+/m1/s1. The van der Waals surface area contributed by atoms with Gasteiger partial charge in [-0.25, -0.2) is 0 Å². The summed E-state index contributed by atoms with van der Waals surface area (Å²) in [5.74, 6) is -22.7. The molecule has 2 nitrogen and oxygen atoms in total. The van der Waals surface area contributed by atoms with Gasteiger partial charge in [-0.3, -0.25) is 0 Å². The number of aliphatic hydroxyl groups excluding tert-OH is 1. The molecule has 0 radical (unpaired) electrons. The molecule has 0 spiro atoms. The van der Waals surface area contributed by atoms with Gasteiger partial charge in [0.05, 0.1) is 0 Å². The summed E-state index contributed by atoms with van der Waals surface area (Å²) in [7, 11) is 0. The lowest BCUT2D eigenvalue weighted by molar-refractivity contribution is -0.423. The van der Waals surface area contributed by atoms with Crippen LogP contribution in [0, 0.1) is 5.92 Å². The maximum absolute atomic E-state index is 14.4. The minimum Gasteiger partial charge on any atom is -0.396 e. The van der Waals surface area contributed by atoms with Crippen molar-refractivity contribution < 1.29 is 49.7 Å². The number of halogens is 10. The van der Waals surface area contributed by atoms with E-state index in [0.717, 1.165) is 12.1 Å². The highest BCUT2D eigenvalue weighted by atomic mass is 79.9. The van der Waals surface area contributed by atoms with Crippen LogP contribution < -0.4 is 0 Å². The average molecular weight is 463 g/mol. The number of hydrogen-bond acceptors (Lipinski definition) is 2. The third-order valence-electron chi connectivity index (χ3n) is 3.89. The van der Waals surface area contributed by atoms with E-state index in [-0.39, 0.29) is 4.47 Å². The molecule has 0 aliphatic carbocycles. The van der Waals surface area contributed by atoms with Gasteiger partial charge in [0.15, 0.2) is 5.60 Å². The molecule has 1 aromatic rings. The third-order valence-corrected chi connectivity index (χ3v) is 4.42. The zero-order chi connectivity index (χ0) is 20.8. The minimum absolute atomic E-state index is 0.218. The molecule has 2 atom stereocenters. The fraction of sp³-hybridized carbons (Fsp3) is 0.571. The van der Waals surface area contributed by atoms with Crippen molar-refractivity contribution >= 4 is 15.9 Å². The summed E-state index contributed by atoms with van der Waals surface area (Å²) in [5.41, 5.74) is -5.31. The first-order chi connectivity index (χ1) is 11.5. The molecule has 0 amide bonds. The Morgan fingerprint density at radius 2 is 1.27 bits per heavy atom. The van der Waals surface area contributed by atoms with E-state index < -0.39 is 47.6 Å². The van der Waals surface area contributed by atoms with Gasteiger partial charge in [0, 0.05) is 17.0 Å². The molecule has 0 saturated carbocycles. The lowest BCUT2D eigenvalue weighted by Gasteiger charge is -2.45. The van der Waals surface area contributed by atoms with Gasteiger partial charge in [0.1, 0.15) is 0 Å². The van der Waals surface area contributed by atoms with Crippen LogP contribution in [0.3, 0.4) is 0 Å². The number of benzene rings is 1. The lowest BCUT2D eigenvalue weighted by Crippen LogP contribution is -2.69. The van der Waals surface area contributed by atoms with E-state index in [1.54, 1.807) is 0 Å². The van der Waals surface area contributed by atoms with Crippen molar-refractivity contribution in [1.29, 1.82) is 0 Å². The molecule has 0 unspecified atom stereocenters. The maximum Gasteiger partial charge on any atom is 0.460 e. The van der Waals surface area contributed by atoms with E-state index in [9.17, 15) is 44.6 Å². The zero-order valence-electron chi connectivity index (χ0n) is 12.8. The Hall–Kier alpha value is -1.01. The Bertz CT molecular complexity index is 630. The summed E-state index contributed by atoms with van der Waals surface area (Å²) >= 11 is 2.88. The first-order valence-corrected chi connectivity index (χ1v) is 7.57. The molecule has 0 aliphatic rings. The van der Waals surface area contributed by atoms with E-state index in [2.05, 4.69) is 15.9 Å². The van der Waals surface area contributed by atoms with E-state index in [0.29, 0.717) is 19.1 Å². The van der Waals surface area contributed by atoms with Gasteiger partial charge in [-0.2, -0.15) is 39.5 Å². The monoisotopic (exact) mass is 462 g/mol. The average Bonchev–Trinajstić information content (AvgIpc) is 2.52. The molecule has 0 fully saturated rings. The van der Waals surface area contributed by atoms with E-state index >= 15 is 0 Å². The molecule has 0 bridgehead atoms. The second-order valence-electron chi connectivity index (χ2n) is 5.58. The first kappa shape index (κ1) is 23.0. The minimum atomic E-state index is -7.15. The van der Waals surface area contributed by atoms with Gasteiger partial charge >= 0.3 is 23.9 Å². The van der Waals surface area contributed by atoms with Crippen LogP contribution in [-0.4, -0.2) is 40.8 Å². The summed E-state index contributed by atoms with van der Waals surface area (Å²) in [6, 6.07) is 3.21. The SMILES string of the molecule is C[C@H](CO)[C@](O)(c1ccc(Br)cc1)C(F)(F)C(F)(F)C(F)(F)C(F)(F)F. The van der Waals surface area contributed by atoms with Crippen molar-refractivity contribution in [3.63, 3.8) is 0 Å². The van der Waals surface area contributed by atoms with E-state index in [1.807, 2.05) is 0 Å². The number of rotatable bonds is 6. The highest BCUT2D eigenvalue weighted by molar-refractivity contribution is 9.10. The Morgan fingerprint density at radius 1 is 0.846 bits per heavy atom. The van der Waals surface area contributed by atoms with Crippen LogP contribution in [0.5, 0.6) is 0 Å². The topological polar surface area (TPSA) is 40.5 Å². The third kappa shape index (κ3) is 3.19. The summed E-state index contributed by atoms with van der Waals surface area (Å²) in [6.07, 6.45) is -7.01. The van der Waals surface area contributed by atoms with Gasteiger partial charge in [0.25, 0.3) is 0 Å². The van der Waals surface area contributed by atoms with Crippen LogP contribution in [0.1, 0.15) is 12.5 Å². The molecule has 0 aliphatic heterocycles. The smallest absolute Gasteiger partial charge is 0.396 e. The Kier molecular flexibility index (Phi) is 6.08. The van der Waals surface area contributed by atoms with Crippen LogP contribution in [0.25, 0.3) is 0 Å². The Balaban J connectivity index is 3.71. The second kappa shape index (κ2) is 6.86. The van der Waals surface area contributed by atoms with Gasteiger partial charge in [-0.15, -0.1) is 0 Å². The number of alkyl halides is 9. The van der Waals surface area contributed by atoms with Crippen molar-refractivity contribution in [2.75, 3.05) is 6.61 Å². The fourth-order valence-corrected chi connectivity index (χ4v) is 2.49. The van der Waals surface area contributed by atoms with E-state index in [1.165, 1.54) is 0 Å². The van der Waals surface area contributed by atoms with Crippen molar-refractivity contribution in [2.24, 2.45) is 5.92 Å². The molecule has 1 rings (SSSR count). The number of hydrogen-bond donors (Lipinski definition) is 2. The molecular weight excluding hydrogens is 451 g/mol. The van der Waals surface area contributed by atoms with Crippen molar-refractivity contribution in [1.82, 2.24) is 0 Å². The first-order valence-electron chi connectivity index (χ1n) is 6.78. The van der Waals surface area contributed by atoms with Crippen molar-refractivity contribution in [3.8, 4) is 0 Å². The molecule has 1 aromatic carbocycles. The molecule has 0 aromatic heterocycles. The van der Waals surface area contributed by atoms with Crippen LogP contribution >= 0.6 is 15.9 Å². The van der Waals surface area contributed by atoms with Crippen LogP contribution in [0.2, 0.25) is 0 Å². The summed E-state index contributed by atoms with van der Waals surface area (Å²) in [6.45, 7) is -0.812.